The largest absolute Gasteiger partial charge is 0.374 e. The molecule has 0 amide bonds. The lowest BCUT2D eigenvalue weighted by molar-refractivity contribution is 0.0739. The molecule has 0 aromatic heterocycles. The number of ether oxygens (including phenoxy) is 1. The summed E-state index contributed by atoms with van der Waals surface area (Å²) in [4.78, 5) is 0. The highest BCUT2D eigenvalue weighted by molar-refractivity contribution is 4.92. The average Bonchev–Trinajstić information content (AvgIpc) is 1.91. The third kappa shape index (κ3) is 2.19. The summed E-state index contributed by atoms with van der Waals surface area (Å²) in [7, 11) is 0. The molecule has 1 aliphatic rings. The molecule has 1 heteroatoms. The Morgan fingerprint density at radius 1 is 1.67 bits per heavy atom. The Labute approximate surface area is 56.7 Å². The molecule has 0 aliphatic carbocycles. The van der Waals surface area contributed by atoms with Gasteiger partial charge in [0.15, 0.2) is 0 Å². The third-order valence-electron chi connectivity index (χ3n) is 1.54. The molecule has 1 nitrogen and oxygen atoms in total. The quantitative estimate of drug-likeness (QED) is 0.515. The van der Waals surface area contributed by atoms with Gasteiger partial charge in [0.2, 0.25) is 0 Å². The van der Waals surface area contributed by atoms with Crippen LogP contribution in [0.3, 0.4) is 0 Å². The number of rotatable bonds is 2. The fraction of sp³-hybridized carbons (Fsp3) is 0.750. The van der Waals surface area contributed by atoms with Crippen molar-refractivity contribution in [2.24, 2.45) is 0 Å². The third-order valence-corrected chi connectivity index (χ3v) is 1.54. The highest BCUT2D eigenvalue weighted by atomic mass is 16.5. The molecule has 9 heavy (non-hydrogen) atoms. The lowest BCUT2D eigenvalue weighted by Crippen LogP contribution is -2.13. The van der Waals surface area contributed by atoms with Crippen molar-refractivity contribution in [1.82, 2.24) is 0 Å². The van der Waals surface area contributed by atoms with Crippen LogP contribution in [0.15, 0.2) is 12.2 Å². The van der Waals surface area contributed by atoms with Gasteiger partial charge < -0.3 is 4.74 Å². The van der Waals surface area contributed by atoms with Gasteiger partial charge in [-0.05, 0) is 12.8 Å². The van der Waals surface area contributed by atoms with Crippen molar-refractivity contribution in [3.05, 3.63) is 12.2 Å². The van der Waals surface area contributed by atoms with E-state index < -0.39 is 0 Å². The van der Waals surface area contributed by atoms with Gasteiger partial charge in [0.1, 0.15) is 0 Å². The predicted octanol–water partition coefficient (Wildman–Crippen LogP) is 2.13. The summed E-state index contributed by atoms with van der Waals surface area (Å²) in [5, 5.41) is 0. The van der Waals surface area contributed by atoms with Gasteiger partial charge in [-0.15, -0.1) is 0 Å². The van der Waals surface area contributed by atoms with E-state index in [0.717, 1.165) is 13.0 Å². The van der Waals surface area contributed by atoms with Crippen molar-refractivity contribution in [2.45, 2.75) is 32.3 Å². The van der Waals surface area contributed by atoms with E-state index in [4.69, 9.17) is 4.74 Å². The van der Waals surface area contributed by atoms with Gasteiger partial charge in [0, 0.05) is 0 Å². The molecule has 0 bridgehead atoms. The minimum absolute atomic E-state index is 0.420. The molecule has 0 spiro atoms. The van der Waals surface area contributed by atoms with E-state index in [1.807, 2.05) is 0 Å². The Morgan fingerprint density at radius 2 is 2.56 bits per heavy atom. The maximum absolute atomic E-state index is 5.43. The van der Waals surface area contributed by atoms with Crippen LogP contribution in [0.2, 0.25) is 0 Å². The van der Waals surface area contributed by atoms with Crippen LogP contribution in [-0.4, -0.2) is 12.7 Å². The molecule has 0 radical (unpaired) electrons. The zero-order chi connectivity index (χ0) is 6.53. The normalized spacial score (nSPS) is 26.6. The first-order chi connectivity index (χ1) is 4.43. The van der Waals surface area contributed by atoms with Gasteiger partial charge in [-0.25, -0.2) is 0 Å². The van der Waals surface area contributed by atoms with Crippen molar-refractivity contribution in [2.75, 3.05) is 6.61 Å². The van der Waals surface area contributed by atoms with E-state index in [1.54, 1.807) is 0 Å². The molecule has 1 atom stereocenters. The van der Waals surface area contributed by atoms with Crippen LogP contribution in [0.5, 0.6) is 0 Å². The SMILES string of the molecule is CCCC1C=CCCO1. The summed E-state index contributed by atoms with van der Waals surface area (Å²) >= 11 is 0. The molecule has 52 valence electrons. The summed E-state index contributed by atoms with van der Waals surface area (Å²) in [5.41, 5.74) is 0. The monoisotopic (exact) mass is 126 g/mol. The van der Waals surface area contributed by atoms with Gasteiger partial charge in [0.25, 0.3) is 0 Å². The maximum Gasteiger partial charge on any atom is 0.0755 e. The molecule has 1 aliphatic heterocycles. The molecule has 0 aromatic carbocycles. The van der Waals surface area contributed by atoms with Crippen LogP contribution in [0.25, 0.3) is 0 Å². The maximum atomic E-state index is 5.43. The van der Waals surface area contributed by atoms with E-state index >= 15 is 0 Å². The highest BCUT2D eigenvalue weighted by Crippen LogP contribution is 2.09. The van der Waals surface area contributed by atoms with Crippen LogP contribution in [0.4, 0.5) is 0 Å². The minimum Gasteiger partial charge on any atom is -0.374 e. The standard InChI is InChI=1S/C8H14O/c1-2-5-8-6-3-4-7-9-8/h3,6,8H,2,4-5,7H2,1H3. The summed E-state index contributed by atoms with van der Waals surface area (Å²) in [5.74, 6) is 0. The van der Waals surface area contributed by atoms with Crippen LogP contribution < -0.4 is 0 Å². The molecule has 0 saturated heterocycles. The number of hydrogen-bond donors (Lipinski definition) is 0. The van der Waals surface area contributed by atoms with Crippen LogP contribution >= 0.6 is 0 Å². The van der Waals surface area contributed by atoms with E-state index in [1.165, 1.54) is 12.8 Å². The van der Waals surface area contributed by atoms with Gasteiger partial charge in [-0.1, -0.05) is 25.5 Å². The van der Waals surface area contributed by atoms with Crippen LogP contribution in [0, 0.1) is 0 Å². The highest BCUT2D eigenvalue weighted by Gasteiger charge is 2.05. The zero-order valence-corrected chi connectivity index (χ0v) is 5.97. The lowest BCUT2D eigenvalue weighted by Gasteiger charge is -2.15. The lowest BCUT2D eigenvalue weighted by atomic mass is 10.1. The van der Waals surface area contributed by atoms with E-state index in [0.29, 0.717) is 6.10 Å². The predicted molar refractivity (Wildman–Crippen MR) is 38.4 cm³/mol. The summed E-state index contributed by atoms with van der Waals surface area (Å²) in [6.45, 7) is 3.10. The van der Waals surface area contributed by atoms with Crippen molar-refractivity contribution in [3.63, 3.8) is 0 Å². The van der Waals surface area contributed by atoms with Crippen molar-refractivity contribution < 1.29 is 4.74 Å². The van der Waals surface area contributed by atoms with Gasteiger partial charge >= 0.3 is 0 Å². The van der Waals surface area contributed by atoms with Crippen LogP contribution in [0.1, 0.15) is 26.2 Å². The summed E-state index contributed by atoms with van der Waals surface area (Å²) in [6, 6.07) is 0. The first kappa shape index (κ1) is 6.81. The summed E-state index contributed by atoms with van der Waals surface area (Å²) < 4.78 is 5.43. The first-order valence-corrected chi connectivity index (χ1v) is 3.71. The van der Waals surface area contributed by atoms with Gasteiger partial charge in [-0.2, -0.15) is 0 Å². The Bertz CT molecular complexity index is 96.7. The molecule has 1 unspecified atom stereocenters. The fourth-order valence-electron chi connectivity index (χ4n) is 1.06. The van der Waals surface area contributed by atoms with Crippen molar-refractivity contribution in [3.8, 4) is 0 Å². The second kappa shape index (κ2) is 3.67. The second-order valence-electron chi connectivity index (χ2n) is 2.41. The molecule has 0 N–H and O–H groups in total. The average molecular weight is 126 g/mol. The minimum atomic E-state index is 0.420. The molecular formula is C8H14O. The number of hydrogen-bond acceptors (Lipinski definition) is 1. The smallest absolute Gasteiger partial charge is 0.0755 e. The van der Waals surface area contributed by atoms with Gasteiger partial charge in [0.05, 0.1) is 12.7 Å². The molecule has 0 aromatic rings. The Kier molecular flexibility index (Phi) is 2.78. The summed E-state index contributed by atoms with van der Waals surface area (Å²) in [6.07, 6.45) is 8.30. The topological polar surface area (TPSA) is 9.23 Å². The van der Waals surface area contributed by atoms with Gasteiger partial charge in [-0.3, -0.25) is 0 Å². The molecule has 0 saturated carbocycles. The first-order valence-electron chi connectivity index (χ1n) is 3.71. The van der Waals surface area contributed by atoms with E-state index in [9.17, 15) is 0 Å². The van der Waals surface area contributed by atoms with Crippen molar-refractivity contribution >= 4 is 0 Å². The molecular weight excluding hydrogens is 112 g/mol. The zero-order valence-electron chi connectivity index (χ0n) is 5.97. The molecule has 0 fully saturated rings. The Morgan fingerprint density at radius 3 is 3.11 bits per heavy atom. The van der Waals surface area contributed by atoms with E-state index in [2.05, 4.69) is 19.1 Å². The Hall–Kier alpha value is -0.300. The fourth-order valence-corrected chi connectivity index (χ4v) is 1.06. The van der Waals surface area contributed by atoms with Crippen LogP contribution in [-0.2, 0) is 4.74 Å². The second-order valence-corrected chi connectivity index (χ2v) is 2.41. The molecule has 1 heterocycles. The van der Waals surface area contributed by atoms with E-state index in [-0.39, 0.29) is 0 Å². The Balaban J connectivity index is 2.23. The van der Waals surface area contributed by atoms with Crippen molar-refractivity contribution in [1.29, 1.82) is 0 Å². The molecule has 1 rings (SSSR count).